The minimum absolute atomic E-state index is 0.0935. The number of hydrogen-bond acceptors (Lipinski definition) is 5. The number of amides is 1. The fraction of sp³-hybridized carbons (Fsp3) is 0.538. The van der Waals surface area contributed by atoms with E-state index in [0.29, 0.717) is 9.59 Å². The van der Waals surface area contributed by atoms with Crippen molar-refractivity contribution in [1.29, 1.82) is 0 Å². The number of amidine groups is 1. The van der Waals surface area contributed by atoms with Crippen molar-refractivity contribution in [2.75, 3.05) is 32.7 Å². The summed E-state index contributed by atoms with van der Waals surface area (Å²) in [5.41, 5.74) is 0. The molecule has 3 rings (SSSR count). The Hall–Kier alpha value is -0.720. The van der Waals surface area contributed by atoms with Crippen LogP contribution >= 0.6 is 34.7 Å². The number of hydrogen-bond donors (Lipinski definition) is 0. The zero-order valence-electron chi connectivity index (χ0n) is 11.2. The number of halogens is 1. The highest BCUT2D eigenvalue weighted by molar-refractivity contribution is 8.14. The van der Waals surface area contributed by atoms with Gasteiger partial charge in [-0.2, -0.15) is 0 Å². The van der Waals surface area contributed by atoms with E-state index in [9.17, 15) is 4.79 Å². The lowest BCUT2D eigenvalue weighted by Crippen LogP contribution is -2.49. The standard InChI is InChI=1S/C13H16ClN3OS2/c1-9-8-15-13(19-9)17-6-4-16(5-7-17)12(18)10-2-3-11(14)20-10/h2-3,9H,4-8H2,1H3/t9-/m1/s1. The Balaban J connectivity index is 1.57. The third-order valence-corrected chi connectivity index (χ3v) is 5.78. The summed E-state index contributed by atoms with van der Waals surface area (Å²) in [6, 6.07) is 3.58. The van der Waals surface area contributed by atoms with E-state index in [-0.39, 0.29) is 5.91 Å². The lowest BCUT2D eigenvalue weighted by molar-refractivity contribution is 0.0698. The summed E-state index contributed by atoms with van der Waals surface area (Å²) in [6.07, 6.45) is 0. The van der Waals surface area contributed by atoms with Crippen LogP contribution in [0.4, 0.5) is 0 Å². The average molecular weight is 330 g/mol. The van der Waals surface area contributed by atoms with Crippen LogP contribution in [0.2, 0.25) is 4.34 Å². The third kappa shape index (κ3) is 2.97. The molecular weight excluding hydrogens is 314 g/mol. The van der Waals surface area contributed by atoms with Gasteiger partial charge in [0.1, 0.15) is 0 Å². The quantitative estimate of drug-likeness (QED) is 0.794. The Labute approximate surface area is 131 Å². The van der Waals surface area contributed by atoms with Crippen molar-refractivity contribution in [2.45, 2.75) is 12.2 Å². The van der Waals surface area contributed by atoms with E-state index in [2.05, 4.69) is 16.8 Å². The molecule has 4 nitrogen and oxygen atoms in total. The summed E-state index contributed by atoms with van der Waals surface area (Å²) in [7, 11) is 0. The van der Waals surface area contributed by atoms with Crippen molar-refractivity contribution in [3.05, 3.63) is 21.3 Å². The minimum Gasteiger partial charge on any atom is -0.348 e. The van der Waals surface area contributed by atoms with Gasteiger partial charge < -0.3 is 9.80 Å². The van der Waals surface area contributed by atoms with Gasteiger partial charge in [0, 0.05) is 31.4 Å². The van der Waals surface area contributed by atoms with Crippen LogP contribution in [-0.2, 0) is 0 Å². The van der Waals surface area contributed by atoms with Crippen molar-refractivity contribution in [3.8, 4) is 0 Å². The number of piperazine rings is 1. The Kier molecular flexibility index (Phi) is 4.23. The smallest absolute Gasteiger partial charge is 0.264 e. The van der Waals surface area contributed by atoms with E-state index in [1.54, 1.807) is 12.1 Å². The number of nitrogens with zero attached hydrogens (tertiary/aromatic N) is 3. The van der Waals surface area contributed by atoms with Gasteiger partial charge in [-0.25, -0.2) is 0 Å². The molecule has 0 N–H and O–H groups in total. The molecule has 1 fully saturated rings. The zero-order chi connectivity index (χ0) is 14.1. The molecule has 0 aromatic carbocycles. The van der Waals surface area contributed by atoms with Crippen LogP contribution in [-0.4, -0.2) is 58.8 Å². The lowest BCUT2D eigenvalue weighted by atomic mass is 10.3. The second-order valence-corrected chi connectivity index (χ2v) is 8.06. The van der Waals surface area contributed by atoms with E-state index in [0.717, 1.165) is 42.8 Å². The highest BCUT2D eigenvalue weighted by Gasteiger charge is 2.27. The molecule has 1 aromatic rings. The summed E-state index contributed by atoms with van der Waals surface area (Å²) in [5.74, 6) is 0.0935. The molecule has 0 radical (unpaired) electrons. The largest absolute Gasteiger partial charge is 0.348 e. The molecule has 1 amide bonds. The summed E-state index contributed by atoms with van der Waals surface area (Å²) < 4.78 is 0.665. The van der Waals surface area contributed by atoms with Gasteiger partial charge in [-0.05, 0) is 12.1 Å². The molecular formula is C13H16ClN3OS2. The van der Waals surface area contributed by atoms with Gasteiger partial charge in [0.25, 0.3) is 5.91 Å². The minimum atomic E-state index is 0.0935. The summed E-state index contributed by atoms with van der Waals surface area (Å²) in [6.45, 7) is 6.34. The summed E-state index contributed by atoms with van der Waals surface area (Å²) in [4.78, 5) is 21.8. The number of rotatable bonds is 1. The lowest BCUT2D eigenvalue weighted by Gasteiger charge is -2.35. The zero-order valence-corrected chi connectivity index (χ0v) is 13.6. The number of carbonyl (C=O) groups excluding carboxylic acids is 1. The van der Waals surface area contributed by atoms with E-state index in [1.807, 2.05) is 16.7 Å². The van der Waals surface area contributed by atoms with E-state index in [4.69, 9.17) is 11.6 Å². The van der Waals surface area contributed by atoms with Crippen molar-refractivity contribution >= 4 is 45.8 Å². The first kappa shape index (κ1) is 14.2. The first-order valence-electron chi connectivity index (χ1n) is 6.64. The molecule has 0 unspecified atom stereocenters. The van der Waals surface area contributed by atoms with Gasteiger partial charge in [-0.15, -0.1) is 11.3 Å². The Morgan fingerprint density at radius 1 is 1.35 bits per heavy atom. The van der Waals surface area contributed by atoms with Crippen LogP contribution in [0, 0.1) is 0 Å². The average Bonchev–Trinajstić information content (AvgIpc) is 3.07. The predicted octanol–water partition coefficient (Wildman–Crippen LogP) is 2.65. The molecule has 1 saturated heterocycles. The molecule has 1 atom stereocenters. The van der Waals surface area contributed by atoms with Gasteiger partial charge in [0.05, 0.1) is 15.8 Å². The monoisotopic (exact) mass is 329 g/mol. The summed E-state index contributed by atoms with van der Waals surface area (Å²) >= 11 is 9.07. The SMILES string of the molecule is C[C@@H]1CN=C(N2CCN(C(=O)c3ccc(Cl)s3)CC2)S1. The molecule has 0 bridgehead atoms. The molecule has 108 valence electrons. The van der Waals surface area contributed by atoms with Crippen LogP contribution in [0.5, 0.6) is 0 Å². The molecule has 2 aliphatic heterocycles. The normalized spacial score (nSPS) is 23.1. The van der Waals surface area contributed by atoms with E-state index < -0.39 is 0 Å². The van der Waals surface area contributed by atoms with Crippen molar-refractivity contribution < 1.29 is 4.79 Å². The van der Waals surface area contributed by atoms with Gasteiger partial charge in [-0.1, -0.05) is 30.3 Å². The molecule has 2 aliphatic rings. The van der Waals surface area contributed by atoms with Gasteiger partial charge in [0.2, 0.25) is 0 Å². The Morgan fingerprint density at radius 3 is 2.65 bits per heavy atom. The molecule has 0 saturated carbocycles. The predicted molar refractivity (Wildman–Crippen MR) is 86.2 cm³/mol. The van der Waals surface area contributed by atoms with E-state index >= 15 is 0 Å². The highest BCUT2D eigenvalue weighted by Crippen LogP contribution is 2.25. The van der Waals surface area contributed by atoms with Crippen LogP contribution in [0.15, 0.2) is 17.1 Å². The van der Waals surface area contributed by atoms with Gasteiger partial charge in [-0.3, -0.25) is 9.79 Å². The second kappa shape index (κ2) is 5.95. The summed E-state index contributed by atoms with van der Waals surface area (Å²) in [5, 5.41) is 1.72. The fourth-order valence-electron chi connectivity index (χ4n) is 2.32. The molecule has 0 aliphatic carbocycles. The third-order valence-electron chi connectivity index (χ3n) is 3.41. The maximum absolute atomic E-state index is 12.3. The topological polar surface area (TPSA) is 35.9 Å². The van der Waals surface area contributed by atoms with Crippen molar-refractivity contribution in [2.24, 2.45) is 4.99 Å². The fourth-order valence-corrected chi connectivity index (χ4v) is 4.32. The number of thiophene rings is 1. The number of thioether (sulfide) groups is 1. The Morgan fingerprint density at radius 2 is 2.10 bits per heavy atom. The molecule has 1 aromatic heterocycles. The van der Waals surface area contributed by atoms with E-state index in [1.165, 1.54) is 11.3 Å². The van der Waals surface area contributed by atoms with Crippen LogP contribution in [0.1, 0.15) is 16.6 Å². The van der Waals surface area contributed by atoms with Gasteiger partial charge in [0.15, 0.2) is 5.17 Å². The second-order valence-electron chi connectivity index (χ2n) is 4.93. The molecule has 7 heteroatoms. The molecule has 0 spiro atoms. The Bertz CT molecular complexity index is 537. The number of aliphatic imine (C=N–C) groups is 1. The maximum atomic E-state index is 12.3. The van der Waals surface area contributed by atoms with Crippen molar-refractivity contribution in [3.63, 3.8) is 0 Å². The van der Waals surface area contributed by atoms with Crippen LogP contribution in [0.25, 0.3) is 0 Å². The number of carbonyl (C=O) groups is 1. The van der Waals surface area contributed by atoms with Gasteiger partial charge >= 0.3 is 0 Å². The highest BCUT2D eigenvalue weighted by atomic mass is 35.5. The first-order valence-corrected chi connectivity index (χ1v) is 8.71. The van der Waals surface area contributed by atoms with Crippen LogP contribution < -0.4 is 0 Å². The van der Waals surface area contributed by atoms with Crippen LogP contribution in [0.3, 0.4) is 0 Å². The maximum Gasteiger partial charge on any atom is 0.264 e. The molecule has 3 heterocycles. The molecule has 20 heavy (non-hydrogen) atoms. The first-order chi connectivity index (χ1) is 9.63. The van der Waals surface area contributed by atoms with Crippen molar-refractivity contribution in [1.82, 2.24) is 9.80 Å².